The van der Waals surface area contributed by atoms with Crippen LogP contribution in [0, 0.1) is 5.92 Å². The van der Waals surface area contributed by atoms with E-state index in [1.54, 1.807) is 0 Å². The van der Waals surface area contributed by atoms with Crippen LogP contribution in [0.25, 0.3) is 11.1 Å². The maximum absolute atomic E-state index is 13.3. The summed E-state index contributed by atoms with van der Waals surface area (Å²) >= 11 is 0. The molecule has 2 aromatic rings. The maximum atomic E-state index is 13.3. The topological polar surface area (TPSA) is 122 Å². The van der Waals surface area contributed by atoms with E-state index in [0.717, 1.165) is 22.3 Å². The molecule has 1 heterocycles. The summed E-state index contributed by atoms with van der Waals surface area (Å²) < 4.78 is 5.61. The van der Waals surface area contributed by atoms with Crippen LogP contribution in [0.1, 0.15) is 43.7 Å². The zero-order chi connectivity index (χ0) is 24.4. The van der Waals surface area contributed by atoms with Crippen molar-refractivity contribution in [3.8, 4) is 11.1 Å². The highest BCUT2D eigenvalue weighted by atomic mass is 16.5. The highest BCUT2D eigenvalue weighted by Crippen LogP contribution is 2.44. The number of alkyl carbamates (subject to hydrolysis) is 1. The Hall–Kier alpha value is -3.39. The van der Waals surface area contributed by atoms with Gasteiger partial charge in [-0.15, -0.1) is 0 Å². The molecule has 1 saturated heterocycles. The SMILES string of the molecule is CC[C@H](C)[C@H](NC(=O)OCC1c2ccccc2-c2ccccc21)C(=O)N1CC[C@H](O)[C@H]1C(N)=O. The van der Waals surface area contributed by atoms with Crippen LogP contribution < -0.4 is 11.1 Å². The Morgan fingerprint density at radius 1 is 1.12 bits per heavy atom. The number of primary amides is 1. The van der Waals surface area contributed by atoms with Gasteiger partial charge in [0.05, 0.1) is 6.10 Å². The summed E-state index contributed by atoms with van der Waals surface area (Å²) in [5.74, 6) is -1.51. The second-order valence-electron chi connectivity index (χ2n) is 9.07. The highest BCUT2D eigenvalue weighted by molar-refractivity contribution is 5.92. The molecule has 1 fully saturated rings. The fourth-order valence-corrected chi connectivity index (χ4v) is 5.00. The fraction of sp³-hybridized carbons (Fsp3) is 0.423. The van der Waals surface area contributed by atoms with Crippen molar-refractivity contribution in [1.29, 1.82) is 0 Å². The molecule has 180 valence electrons. The predicted octanol–water partition coefficient (Wildman–Crippen LogP) is 2.39. The van der Waals surface area contributed by atoms with Gasteiger partial charge in [0, 0.05) is 12.5 Å². The fourth-order valence-electron chi connectivity index (χ4n) is 5.00. The van der Waals surface area contributed by atoms with Gasteiger partial charge in [-0.2, -0.15) is 0 Å². The molecule has 0 radical (unpaired) electrons. The number of benzene rings is 2. The molecule has 8 heteroatoms. The van der Waals surface area contributed by atoms with Crippen molar-refractivity contribution in [3.63, 3.8) is 0 Å². The van der Waals surface area contributed by atoms with Gasteiger partial charge < -0.3 is 25.8 Å². The monoisotopic (exact) mass is 465 g/mol. The summed E-state index contributed by atoms with van der Waals surface area (Å²) in [4.78, 5) is 39.2. The number of rotatable bonds is 7. The van der Waals surface area contributed by atoms with Gasteiger partial charge in [0.25, 0.3) is 0 Å². The van der Waals surface area contributed by atoms with Crippen LogP contribution in [-0.2, 0) is 14.3 Å². The molecule has 4 atom stereocenters. The van der Waals surface area contributed by atoms with Crippen molar-refractivity contribution in [2.24, 2.45) is 11.7 Å². The third kappa shape index (κ3) is 4.37. The lowest BCUT2D eigenvalue weighted by molar-refractivity contribution is -0.141. The molecule has 0 bridgehead atoms. The Kier molecular flexibility index (Phi) is 6.88. The molecule has 0 saturated carbocycles. The molecule has 4 rings (SSSR count). The number of ether oxygens (including phenoxy) is 1. The van der Waals surface area contributed by atoms with Crippen molar-refractivity contribution < 1.29 is 24.2 Å². The van der Waals surface area contributed by atoms with Crippen molar-refractivity contribution in [1.82, 2.24) is 10.2 Å². The molecule has 8 nitrogen and oxygen atoms in total. The predicted molar refractivity (Wildman–Crippen MR) is 127 cm³/mol. The van der Waals surface area contributed by atoms with E-state index < -0.39 is 36.1 Å². The van der Waals surface area contributed by atoms with Gasteiger partial charge in [0.15, 0.2) is 0 Å². The number of fused-ring (bicyclic) bond motifs is 3. The normalized spacial score (nSPS) is 20.9. The summed E-state index contributed by atoms with van der Waals surface area (Å²) in [6.45, 7) is 4.09. The van der Waals surface area contributed by atoms with Crippen LogP contribution >= 0.6 is 0 Å². The summed E-state index contributed by atoms with van der Waals surface area (Å²) in [6, 6.07) is 14.1. The Balaban J connectivity index is 1.46. The number of hydrogen-bond donors (Lipinski definition) is 3. The lowest BCUT2D eigenvalue weighted by Crippen LogP contribution is -2.56. The zero-order valence-electron chi connectivity index (χ0n) is 19.4. The molecule has 0 spiro atoms. The van der Waals surface area contributed by atoms with Crippen LogP contribution in [-0.4, -0.2) is 59.3 Å². The Morgan fingerprint density at radius 2 is 1.71 bits per heavy atom. The molecule has 2 aliphatic rings. The second-order valence-corrected chi connectivity index (χ2v) is 9.07. The van der Waals surface area contributed by atoms with E-state index >= 15 is 0 Å². The van der Waals surface area contributed by atoms with Crippen LogP contribution in [0.4, 0.5) is 4.79 Å². The standard InChI is InChI=1S/C26H31N3O5/c1-3-15(2)22(25(32)29-13-12-21(30)23(29)24(27)31)28-26(33)34-14-20-18-10-6-4-8-16(18)17-9-5-7-11-19(17)20/h4-11,15,20-23,30H,3,12-14H2,1-2H3,(H2,27,31)(H,28,33)/t15-,21-,22-,23-/m0/s1. The number of nitrogens with zero attached hydrogens (tertiary/aromatic N) is 1. The Labute approximate surface area is 199 Å². The van der Waals surface area contributed by atoms with E-state index in [0.29, 0.717) is 6.42 Å². The first-order valence-electron chi connectivity index (χ1n) is 11.7. The molecule has 0 aromatic heterocycles. The first-order valence-corrected chi connectivity index (χ1v) is 11.7. The van der Waals surface area contributed by atoms with Crippen LogP contribution in [0.5, 0.6) is 0 Å². The molecule has 3 amide bonds. The quantitative estimate of drug-likeness (QED) is 0.580. The first-order chi connectivity index (χ1) is 16.3. The third-order valence-electron chi connectivity index (χ3n) is 7.04. The molecule has 2 aromatic carbocycles. The maximum Gasteiger partial charge on any atom is 0.407 e. The number of carbonyl (C=O) groups is 3. The van der Waals surface area contributed by atoms with Crippen molar-refractivity contribution >= 4 is 17.9 Å². The average Bonchev–Trinajstić information content (AvgIpc) is 3.38. The molecule has 1 aliphatic heterocycles. The Morgan fingerprint density at radius 3 is 2.26 bits per heavy atom. The van der Waals surface area contributed by atoms with Gasteiger partial charge in [0.2, 0.25) is 11.8 Å². The number of carbonyl (C=O) groups excluding carboxylic acids is 3. The van der Waals surface area contributed by atoms with Gasteiger partial charge >= 0.3 is 6.09 Å². The van der Waals surface area contributed by atoms with Crippen molar-refractivity contribution in [2.75, 3.05) is 13.2 Å². The molecule has 4 N–H and O–H groups in total. The molecule has 34 heavy (non-hydrogen) atoms. The molecule has 0 unspecified atom stereocenters. The average molecular weight is 466 g/mol. The summed E-state index contributed by atoms with van der Waals surface area (Å²) in [6.07, 6.45) is -0.820. The minimum Gasteiger partial charge on any atom is -0.449 e. The summed E-state index contributed by atoms with van der Waals surface area (Å²) in [7, 11) is 0. The van der Waals surface area contributed by atoms with E-state index in [1.165, 1.54) is 4.90 Å². The summed E-state index contributed by atoms with van der Waals surface area (Å²) in [5, 5.41) is 12.8. The van der Waals surface area contributed by atoms with Gasteiger partial charge in [-0.3, -0.25) is 9.59 Å². The number of hydrogen-bond acceptors (Lipinski definition) is 5. The number of aliphatic hydroxyl groups is 1. The molecular weight excluding hydrogens is 434 g/mol. The third-order valence-corrected chi connectivity index (χ3v) is 7.04. The summed E-state index contributed by atoms with van der Waals surface area (Å²) in [5.41, 5.74) is 9.87. The molecular formula is C26H31N3O5. The van der Waals surface area contributed by atoms with E-state index in [9.17, 15) is 19.5 Å². The van der Waals surface area contributed by atoms with E-state index in [-0.39, 0.29) is 31.4 Å². The van der Waals surface area contributed by atoms with Crippen LogP contribution in [0.15, 0.2) is 48.5 Å². The minimum atomic E-state index is -1.09. The number of aliphatic hydroxyl groups excluding tert-OH is 1. The first kappa shape index (κ1) is 23.8. The van der Waals surface area contributed by atoms with Gasteiger partial charge in [-0.1, -0.05) is 68.8 Å². The van der Waals surface area contributed by atoms with Gasteiger partial charge in [-0.25, -0.2) is 4.79 Å². The van der Waals surface area contributed by atoms with Gasteiger partial charge in [0.1, 0.15) is 18.7 Å². The van der Waals surface area contributed by atoms with Gasteiger partial charge in [-0.05, 0) is 34.6 Å². The smallest absolute Gasteiger partial charge is 0.407 e. The number of nitrogens with two attached hydrogens (primary N) is 1. The largest absolute Gasteiger partial charge is 0.449 e. The second kappa shape index (κ2) is 9.85. The van der Waals surface area contributed by atoms with Crippen LogP contribution in [0.3, 0.4) is 0 Å². The lowest BCUT2D eigenvalue weighted by atomic mass is 9.97. The minimum absolute atomic E-state index is 0.0936. The van der Waals surface area contributed by atoms with E-state index in [1.807, 2.05) is 50.2 Å². The Bertz CT molecular complexity index is 1040. The number of likely N-dealkylation sites (tertiary alicyclic amines) is 1. The zero-order valence-corrected chi connectivity index (χ0v) is 19.4. The van der Waals surface area contributed by atoms with Crippen molar-refractivity contribution in [3.05, 3.63) is 59.7 Å². The lowest BCUT2D eigenvalue weighted by Gasteiger charge is -2.31. The van der Waals surface area contributed by atoms with E-state index in [4.69, 9.17) is 10.5 Å². The number of amides is 3. The van der Waals surface area contributed by atoms with Crippen LogP contribution in [0.2, 0.25) is 0 Å². The molecule has 1 aliphatic carbocycles. The van der Waals surface area contributed by atoms with Crippen molar-refractivity contribution in [2.45, 2.75) is 50.8 Å². The highest BCUT2D eigenvalue weighted by Gasteiger charge is 2.43. The number of nitrogens with one attached hydrogen (secondary N) is 1. The van der Waals surface area contributed by atoms with E-state index in [2.05, 4.69) is 17.4 Å².